The molecule has 35 heavy (non-hydrogen) atoms. The molecule has 6 heteroatoms. The lowest BCUT2D eigenvalue weighted by Gasteiger charge is -2.13. The first kappa shape index (κ1) is 23.0. The molecular formula is C29H26N2O3S. The van der Waals surface area contributed by atoms with E-state index in [1.807, 2.05) is 63.2 Å². The summed E-state index contributed by atoms with van der Waals surface area (Å²) in [5.74, 6) is 0.447. The summed E-state index contributed by atoms with van der Waals surface area (Å²) in [6, 6.07) is 24.4. The van der Waals surface area contributed by atoms with Gasteiger partial charge in [-0.2, -0.15) is 0 Å². The Morgan fingerprint density at radius 1 is 0.886 bits per heavy atom. The Balaban J connectivity index is 1.34. The second-order valence-electron chi connectivity index (χ2n) is 8.69. The highest BCUT2D eigenvalue weighted by atomic mass is 32.2. The van der Waals surface area contributed by atoms with Crippen LogP contribution in [0, 0.1) is 20.8 Å². The van der Waals surface area contributed by atoms with Crippen LogP contribution in [0.15, 0.2) is 77.7 Å². The van der Waals surface area contributed by atoms with Gasteiger partial charge in [0.1, 0.15) is 12.4 Å². The smallest absolute Gasteiger partial charge is 0.293 e. The minimum absolute atomic E-state index is 0.214. The van der Waals surface area contributed by atoms with Crippen LogP contribution in [-0.4, -0.2) is 33.8 Å². The maximum absolute atomic E-state index is 13.0. The van der Waals surface area contributed by atoms with Crippen molar-refractivity contribution in [3.63, 3.8) is 0 Å². The molecule has 0 radical (unpaired) electrons. The fourth-order valence-corrected chi connectivity index (χ4v) is 5.23. The molecule has 0 unspecified atom stereocenters. The zero-order valence-corrected chi connectivity index (χ0v) is 20.8. The number of carbonyl (C=O) groups is 2. The molecule has 176 valence electrons. The lowest BCUT2D eigenvalue weighted by atomic mass is 10.1. The SMILES string of the molecule is Cc1ccc(OCCN2C(=O)S/C(=C\c3cc(C)n(-c4ccc5ccccc5c4)c3C)C2=O)cc1. The number of hydrogen-bond acceptors (Lipinski definition) is 4. The first-order valence-electron chi connectivity index (χ1n) is 11.5. The maximum atomic E-state index is 13.0. The topological polar surface area (TPSA) is 51.5 Å². The van der Waals surface area contributed by atoms with Gasteiger partial charge in [0.25, 0.3) is 11.1 Å². The monoisotopic (exact) mass is 482 g/mol. The van der Waals surface area contributed by atoms with Crippen molar-refractivity contribution in [1.82, 2.24) is 9.47 Å². The number of ether oxygens (including phenoxy) is 1. The van der Waals surface area contributed by atoms with Gasteiger partial charge in [-0.15, -0.1) is 0 Å². The summed E-state index contributed by atoms with van der Waals surface area (Å²) < 4.78 is 7.89. The van der Waals surface area contributed by atoms with Gasteiger partial charge in [-0.3, -0.25) is 14.5 Å². The summed E-state index contributed by atoms with van der Waals surface area (Å²) in [6.45, 7) is 6.56. The van der Waals surface area contributed by atoms with E-state index in [4.69, 9.17) is 4.74 Å². The Bertz CT molecular complexity index is 1470. The normalized spacial score (nSPS) is 14.9. The molecule has 0 N–H and O–H groups in total. The van der Waals surface area contributed by atoms with Gasteiger partial charge in [0, 0.05) is 17.1 Å². The second-order valence-corrected chi connectivity index (χ2v) is 9.68. The van der Waals surface area contributed by atoms with Crippen molar-refractivity contribution in [3.8, 4) is 11.4 Å². The summed E-state index contributed by atoms with van der Waals surface area (Å²) in [5.41, 5.74) is 5.23. The van der Waals surface area contributed by atoms with Gasteiger partial charge in [0.05, 0.1) is 11.4 Å². The van der Waals surface area contributed by atoms with Crippen molar-refractivity contribution >= 4 is 39.8 Å². The van der Waals surface area contributed by atoms with Crippen molar-refractivity contribution in [1.29, 1.82) is 0 Å². The number of thioether (sulfide) groups is 1. The summed E-state index contributed by atoms with van der Waals surface area (Å²) >= 11 is 0.980. The van der Waals surface area contributed by atoms with Crippen LogP contribution in [0.2, 0.25) is 0 Å². The number of benzene rings is 3. The molecule has 2 heterocycles. The van der Waals surface area contributed by atoms with E-state index in [0.29, 0.717) is 4.91 Å². The summed E-state index contributed by atoms with van der Waals surface area (Å²) in [7, 11) is 0. The summed E-state index contributed by atoms with van der Waals surface area (Å²) in [4.78, 5) is 27.2. The maximum Gasteiger partial charge on any atom is 0.293 e. The highest BCUT2D eigenvalue weighted by Crippen LogP contribution is 2.34. The van der Waals surface area contributed by atoms with Crippen molar-refractivity contribution in [2.45, 2.75) is 20.8 Å². The Kier molecular flexibility index (Phi) is 6.22. The number of aryl methyl sites for hydroxylation is 2. The molecule has 1 fully saturated rings. The van der Waals surface area contributed by atoms with Crippen LogP contribution in [-0.2, 0) is 4.79 Å². The average molecular weight is 483 g/mol. The lowest BCUT2D eigenvalue weighted by molar-refractivity contribution is -0.123. The van der Waals surface area contributed by atoms with E-state index in [2.05, 4.69) is 41.0 Å². The van der Waals surface area contributed by atoms with E-state index in [-0.39, 0.29) is 24.3 Å². The van der Waals surface area contributed by atoms with E-state index in [1.165, 1.54) is 15.7 Å². The van der Waals surface area contributed by atoms with Gasteiger partial charge in [-0.05, 0) is 85.3 Å². The second kappa shape index (κ2) is 9.47. The van der Waals surface area contributed by atoms with Crippen LogP contribution < -0.4 is 4.74 Å². The molecular weight excluding hydrogens is 456 g/mol. The molecule has 1 aromatic heterocycles. The molecule has 1 aliphatic rings. The number of nitrogens with zero attached hydrogens (tertiary/aromatic N) is 2. The first-order chi connectivity index (χ1) is 16.9. The van der Waals surface area contributed by atoms with Crippen molar-refractivity contribution in [2.75, 3.05) is 13.2 Å². The average Bonchev–Trinajstić information content (AvgIpc) is 3.28. The van der Waals surface area contributed by atoms with E-state index < -0.39 is 0 Å². The number of fused-ring (bicyclic) bond motifs is 1. The third kappa shape index (κ3) is 4.62. The molecule has 2 amide bonds. The van der Waals surface area contributed by atoms with E-state index >= 15 is 0 Å². The minimum atomic E-state index is -0.275. The number of hydrogen-bond donors (Lipinski definition) is 0. The first-order valence-corrected chi connectivity index (χ1v) is 12.4. The predicted molar refractivity (Wildman–Crippen MR) is 142 cm³/mol. The molecule has 1 saturated heterocycles. The number of imide groups is 1. The fraction of sp³-hybridized carbons (Fsp3) is 0.172. The Labute approximate surface area is 209 Å². The largest absolute Gasteiger partial charge is 0.492 e. The lowest BCUT2D eigenvalue weighted by Crippen LogP contribution is -2.32. The molecule has 3 aromatic carbocycles. The van der Waals surface area contributed by atoms with E-state index in [0.717, 1.165) is 45.7 Å². The number of amides is 2. The predicted octanol–water partition coefficient (Wildman–Crippen LogP) is 6.67. The highest BCUT2D eigenvalue weighted by Gasteiger charge is 2.35. The molecule has 0 aliphatic carbocycles. The van der Waals surface area contributed by atoms with E-state index in [9.17, 15) is 9.59 Å². The van der Waals surface area contributed by atoms with Crippen LogP contribution in [0.1, 0.15) is 22.5 Å². The van der Waals surface area contributed by atoms with Gasteiger partial charge in [0.15, 0.2) is 0 Å². The molecule has 0 spiro atoms. The molecule has 5 rings (SSSR count). The number of aromatic nitrogens is 1. The Hall–Kier alpha value is -3.77. The Morgan fingerprint density at radius 3 is 2.40 bits per heavy atom. The summed E-state index contributed by atoms with van der Waals surface area (Å²) in [5, 5.41) is 2.10. The number of rotatable bonds is 6. The fourth-order valence-electron chi connectivity index (χ4n) is 4.37. The van der Waals surface area contributed by atoms with Gasteiger partial charge in [-0.25, -0.2) is 0 Å². The van der Waals surface area contributed by atoms with Gasteiger partial charge >= 0.3 is 0 Å². The van der Waals surface area contributed by atoms with Crippen molar-refractivity contribution in [3.05, 3.63) is 100 Å². The Morgan fingerprint density at radius 2 is 1.63 bits per heavy atom. The van der Waals surface area contributed by atoms with Crippen LogP contribution >= 0.6 is 11.8 Å². The molecule has 0 bridgehead atoms. The molecule has 5 nitrogen and oxygen atoms in total. The zero-order chi connectivity index (χ0) is 24.5. The minimum Gasteiger partial charge on any atom is -0.492 e. The highest BCUT2D eigenvalue weighted by molar-refractivity contribution is 8.18. The third-order valence-corrected chi connectivity index (χ3v) is 7.13. The third-order valence-electron chi connectivity index (χ3n) is 6.23. The summed E-state index contributed by atoms with van der Waals surface area (Å²) in [6.07, 6.45) is 1.83. The molecule has 1 aliphatic heterocycles. The quantitative estimate of drug-likeness (QED) is 0.288. The van der Waals surface area contributed by atoms with Gasteiger partial charge in [-0.1, -0.05) is 48.0 Å². The van der Waals surface area contributed by atoms with Crippen LogP contribution in [0.3, 0.4) is 0 Å². The molecule has 4 aromatic rings. The van der Waals surface area contributed by atoms with Crippen molar-refractivity contribution in [2.24, 2.45) is 0 Å². The van der Waals surface area contributed by atoms with Crippen LogP contribution in [0.5, 0.6) is 5.75 Å². The molecule has 0 atom stereocenters. The zero-order valence-electron chi connectivity index (χ0n) is 19.9. The van der Waals surface area contributed by atoms with Crippen molar-refractivity contribution < 1.29 is 14.3 Å². The number of carbonyl (C=O) groups excluding carboxylic acids is 2. The van der Waals surface area contributed by atoms with Gasteiger partial charge < -0.3 is 9.30 Å². The van der Waals surface area contributed by atoms with Crippen LogP contribution in [0.25, 0.3) is 22.5 Å². The van der Waals surface area contributed by atoms with Crippen LogP contribution in [0.4, 0.5) is 4.79 Å². The molecule has 0 saturated carbocycles. The van der Waals surface area contributed by atoms with E-state index in [1.54, 1.807) is 0 Å². The van der Waals surface area contributed by atoms with Gasteiger partial charge in [0.2, 0.25) is 0 Å². The standard InChI is InChI=1S/C29H26N2O3S/c1-19-8-12-26(13-9-19)34-15-14-30-28(32)27(35-29(30)33)18-24-16-20(2)31(21(24)3)25-11-10-22-6-4-5-7-23(22)17-25/h4-13,16-18H,14-15H2,1-3H3/b27-18-.